The van der Waals surface area contributed by atoms with Gasteiger partial charge in [0.1, 0.15) is 5.69 Å². The van der Waals surface area contributed by atoms with Gasteiger partial charge < -0.3 is 15.7 Å². The Hall–Kier alpha value is -1.46. The van der Waals surface area contributed by atoms with Gasteiger partial charge in [0.25, 0.3) is 5.91 Å². The van der Waals surface area contributed by atoms with E-state index in [1.807, 2.05) is 11.0 Å². The van der Waals surface area contributed by atoms with Crippen LogP contribution in [-0.4, -0.2) is 39.1 Å². The van der Waals surface area contributed by atoms with Crippen LogP contribution in [0.15, 0.2) is 18.3 Å². The molecule has 1 aromatic rings. The minimum atomic E-state index is -0.255. The largest absolute Gasteiger partial charge is 0.393 e. The Morgan fingerprint density at radius 3 is 2.58 bits per heavy atom. The molecule has 2 aliphatic heterocycles. The Bertz CT molecular complexity index is 460. The van der Waals surface area contributed by atoms with E-state index < -0.39 is 0 Å². The summed E-state index contributed by atoms with van der Waals surface area (Å²) in [5.74, 6) is -0.0111. The summed E-state index contributed by atoms with van der Waals surface area (Å²) in [5, 5.41) is 9.76. The lowest BCUT2D eigenvalue weighted by molar-refractivity contribution is 0.0282. The number of nitrogens with two attached hydrogens (primary N) is 1. The third-order valence-corrected chi connectivity index (χ3v) is 4.22. The van der Waals surface area contributed by atoms with Crippen LogP contribution in [0, 0.1) is 0 Å². The fraction of sp³-hybridized carbons (Fsp3) is 0.571. The van der Waals surface area contributed by atoms with E-state index in [9.17, 15) is 9.90 Å². The van der Waals surface area contributed by atoms with Crippen LogP contribution in [0.3, 0.4) is 0 Å². The number of hydrogen-bond acceptors (Lipinski definition) is 4. The fourth-order valence-corrected chi connectivity index (χ4v) is 3.28. The molecule has 0 aliphatic carbocycles. The minimum absolute atomic E-state index is 0.0111. The first kappa shape index (κ1) is 12.6. The Kier molecular flexibility index (Phi) is 3.24. The zero-order chi connectivity index (χ0) is 13.4. The van der Waals surface area contributed by atoms with Gasteiger partial charge in [-0.2, -0.15) is 0 Å². The van der Waals surface area contributed by atoms with Crippen molar-refractivity contribution in [2.24, 2.45) is 5.73 Å². The van der Waals surface area contributed by atoms with Crippen LogP contribution in [0.2, 0.25) is 0 Å². The molecule has 0 aromatic carbocycles. The van der Waals surface area contributed by atoms with Crippen molar-refractivity contribution in [2.45, 2.75) is 50.4 Å². The number of aromatic nitrogens is 1. The highest BCUT2D eigenvalue weighted by Crippen LogP contribution is 2.36. The summed E-state index contributed by atoms with van der Waals surface area (Å²) in [5.41, 5.74) is 6.93. The van der Waals surface area contributed by atoms with Crippen molar-refractivity contribution < 1.29 is 9.90 Å². The van der Waals surface area contributed by atoms with Crippen molar-refractivity contribution in [2.75, 3.05) is 0 Å². The number of nitrogens with zero attached hydrogens (tertiary/aromatic N) is 2. The number of piperidine rings is 1. The molecular formula is C14H19N3O2. The number of aliphatic hydroxyl groups is 1. The highest BCUT2D eigenvalue weighted by Gasteiger charge is 2.43. The second kappa shape index (κ2) is 4.90. The molecule has 3 heterocycles. The van der Waals surface area contributed by atoms with Gasteiger partial charge in [-0.15, -0.1) is 0 Å². The van der Waals surface area contributed by atoms with Crippen molar-refractivity contribution in [3.63, 3.8) is 0 Å². The molecule has 0 spiro atoms. The summed E-state index contributed by atoms with van der Waals surface area (Å²) in [4.78, 5) is 18.7. The fourth-order valence-electron chi connectivity index (χ4n) is 3.28. The highest BCUT2D eigenvalue weighted by molar-refractivity contribution is 5.93. The van der Waals surface area contributed by atoms with Gasteiger partial charge in [-0.3, -0.25) is 9.78 Å². The first-order chi connectivity index (χ1) is 9.19. The molecule has 1 aromatic heterocycles. The second-order valence-electron chi connectivity index (χ2n) is 5.48. The van der Waals surface area contributed by atoms with E-state index in [1.54, 1.807) is 12.3 Å². The molecule has 0 saturated carbocycles. The van der Waals surface area contributed by atoms with Crippen LogP contribution in [-0.2, 0) is 6.54 Å². The minimum Gasteiger partial charge on any atom is -0.393 e. The molecule has 3 N–H and O–H groups in total. The van der Waals surface area contributed by atoms with Gasteiger partial charge in [0.2, 0.25) is 0 Å². The SMILES string of the molecule is NCc1ccc(C(=O)N2C3CCC2CC(O)C3)nc1. The number of hydrogen-bond donors (Lipinski definition) is 2. The van der Waals surface area contributed by atoms with E-state index in [-0.39, 0.29) is 24.1 Å². The highest BCUT2D eigenvalue weighted by atomic mass is 16.3. The maximum Gasteiger partial charge on any atom is 0.272 e. The molecule has 3 rings (SSSR count). The van der Waals surface area contributed by atoms with E-state index in [1.165, 1.54) is 0 Å². The number of carbonyl (C=O) groups excluding carboxylic acids is 1. The van der Waals surface area contributed by atoms with Crippen molar-refractivity contribution in [3.05, 3.63) is 29.6 Å². The zero-order valence-electron chi connectivity index (χ0n) is 10.8. The summed E-state index contributed by atoms with van der Waals surface area (Å²) in [6.07, 6.45) is 4.79. The van der Waals surface area contributed by atoms with Gasteiger partial charge in [0, 0.05) is 24.8 Å². The number of rotatable bonds is 2. The normalized spacial score (nSPS) is 29.6. The molecule has 19 heavy (non-hydrogen) atoms. The first-order valence-corrected chi connectivity index (χ1v) is 6.84. The van der Waals surface area contributed by atoms with E-state index in [2.05, 4.69) is 4.98 Å². The van der Waals surface area contributed by atoms with Crippen molar-refractivity contribution >= 4 is 5.91 Å². The monoisotopic (exact) mass is 261 g/mol. The third-order valence-electron chi connectivity index (χ3n) is 4.22. The lowest BCUT2D eigenvalue weighted by atomic mass is 9.99. The number of amides is 1. The Morgan fingerprint density at radius 2 is 2.05 bits per heavy atom. The average Bonchev–Trinajstić information content (AvgIpc) is 2.70. The quantitative estimate of drug-likeness (QED) is 0.820. The number of fused-ring (bicyclic) bond motifs is 2. The molecule has 2 bridgehead atoms. The molecule has 2 saturated heterocycles. The van der Waals surface area contributed by atoms with Gasteiger partial charge in [0.15, 0.2) is 0 Å². The molecular weight excluding hydrogens is 242 g/mol. The predicted molar refractivity (Wildman–Crippen MR) is 70.3 cm³/mol. The van der Waals surface area contributed by atoms with E-state index in [4.69, 9.17) is 5.73 Å². The summed E-state index contributed by atoms with van der Waals surface area (Å²) >= 11 is 0. The second-order valence-corrected chi connectivity index (χ2v) is 5.48. The van der Waals surface area contributed by atoms with E-state index >= 15 is 0 Å². The van der Waals surface area contributed by atoms with Crippen LogP contribution < -0.4 is 5.73 Å². The van der Waals surface area contributed by atoms with Crippen molar-refractivity contribution in [3.8, 4) is 0 Å². The number of carbonyl (C=O) groups is 1. The predicted octanol–water partition coefficient (Wildman–Crippen LogP) is 0.668. The maximum atomic E-state index is 12.5. The van der Waals surface area contributed by atoms with Crippen LogP contribution in [0.5, 0.6) is 0 Å². The van der Waals surface area contributed by atoms with Gasteiger partial charge in [-0.1, -0.05) is 6.07 Å². The van der Waals surface area contributed by atoms with Crippen molar-refractivity contribution in [1.29, 1.82) is 0 Å². The van der Waals surface area contributed by atoms with E-state index in [0.717, 1.165) is 18.4 Å². The Morgan fingerprint density at radius 1 is 1.37 bits per heavy atom. The van der Waals surface area contributed by atoms with Crippen LogP contribution >= 0.6 is 0 Å². The van der Waals surface area contributed by atoms with Gasteiger partial charge in [0.05, 0.1) is 6.10 Å². The molecule has 102 valence electrons. The molecule has 0 radical (unpaired) electrons. The lowest BCUT2D eigenvalue weighted by Gasteiger charge is -2.37. The van der Waals surface area contributed by atoms with Crippen LogP contribution in [0.25, 0.3) is 0 Å². The van der Waals surface area contributed by atoms with Crippen LogP contribution in [0.1, 0.15) is 41.7 Å². The van der Waals surface area contributed by atoms with Gasteiger partial charge in [-0.25, -0.2) is 0 Å². The number of pyridine rings is 1. The summed E-state index contributed by atoms with van der Waals surface area (Å²) < 4.78 is 0. The van der Waals surface area contributed by atoms with Crippen LogP contribution in [0.4, 0.5) is 0 Å². The lowest BCUT2D eigenvalue weighted by Crippen LogP contribution is -2.48. The zero-order valence-corrected chi connectivity index (χ0v) is 10.8. The summed E-state index contributed by atoms with van der Waals surface area (Å²) in [7, 11) is 0. The average molecular weight is 261 g/mol. The topological polar surface area (TPSA) is 79.5 Å². The number of aliphatic hydroxyl groups excluding tert-OH is 1. The molecule has 2 unspecified atom stereocenters. The molecule has 2 atom stereocenters. The molecule has 5 nitrogen and oxygen atoms in total. The molecule has 2 fully saturated rings. The Balaban J connectivity index is 1.80. The molecule has 5 heteroatoms. The summed E-state index contributed by atoms with van der Waals surface area (Å²) in [6.45, 7) is 0.433. The van der Waals surface area contributed by atoms with Gasteiger partial charge >= 0.3 is 0 Å². The molecule has 1 amide bonds. The maximum absolute atomic E-state index is 12.5. The Labute approximate surface area is 112 Å². The van der Waals surface area contributed by atoms with E-state index in [0.29, 0.717) is 25.1 Å². The standard InChI is InChI=1S/C14H19N3O2/c15-7-9-1-4-13(16-8-9)14(19)17-10-2-3-11(17)6-12(18)5-10/h1,4,8,10-12,18H,2-3,5-7,15H2. The first-order valence-electron chi connectivity index (χ1n) is 6.84. The molecule has 2 aliphatic rings. The third kappa shape index (κ3) is 2.24. The summed E-state index contributed by atoms with van der Waals surface area (Å²) in [6, 6.07) is 3.95. The van der Waals surface area contributed by atoms with Gasteiger partial charge in [-0.05, 0) is 37.3 Å². The smallest absolute Gasteiger partial charge is 0.272 e. The van der Waals surface area contributed by atoms with Crippen molar-refractivity contribution in [1.82, 2.24) is 9.88 Å².